The average molecular weight is 400 g/mol. The van der Waals surface area contributed by atoms with Crippen LogP contribution >= 0.6 is 0 Å². The molecule has 0 bridgehead atoms. The van der Waals surface area contributed by atoms with E-state index in [0.29, 0.717) is 12.3 Å². The van der Waals surface area contributed by atoms with Gasteiger partial charge in [-0.2, -0.15) is 0 Å². The first kappa shape index (κ1) is 21.6. The predicted molar refractivity (Wildman–Crippen MR) is 118 cm³/mol. The first-order valence-electron chi connectivity index (χ1n) is 11.1. The van der Waals surface area contributed by atoms with Gasteiger partial charge in [-0.15, -0.1) is 0 Å². The Labute approximate surface area is 175 Å². The molecule has 0 radical (unpaired) electrons. The number of aliphatic imine (C=N–C) groups is 1. The number of rotatable bonds is 6. The standard InChI is InChI=1S/C23H37N5O/c1-18-7-5-11-27(15-18)17-21-10-4-3-9-20(21)14-26-23(25-2)28-12-6-8-19(16-28)13-22(24)29/h3-4,9-10,18-19H,5-8,11-17H2,1-2H3,(H2,24,29)(H,25,26). The quantitative estimate of drug-likeness (QED) is 0.570. The molecule has 1 aromatic carbocycles. The Kier molecular flexibility index (Phi) is 7.92. The minimum Gasteiger partial charge on any atom is -0.370 e. The van der Waals surface area contributed by atoms with Crippen LogP contribution in [0.1, 0.15) is 50.2 Å². The van der Waals surface area contributed by atoms with Crippen molar-refractivity contribution in [1.29, 1.82) is 0 Å². The monoisotopic (exact) mass is 399 g/mol. The first-order chi connectivity index (χ1) is 14.0. The maximum absolute atomic E-state index is 11.3. The summed E-state index contributed by atoms with van der Waals surface area (Å²) in [6, 6.07) is 8.73. The van der Waals surface area contributed by atoms with Crippen molar-refractivity contribution in [3.05, 3.63) is 35.4 Å². The molecule has 160 valence electrons. The number of hydrogen-bond donors (Lipinski definition) is 2. The highest BCUT2D eigenvalue weighted by Crippen LogP contribution is 2.21. The van der Waals surface area contributed by atoms with E-state index < -0.39 is 0 Å². The molecule has 6 heteroatoms. The lowest BCUT2D eigenvalue weighted by Crippen LogP contribution is -2.47. The smallest absolute Gasteiger partial charge is 0.217 e. The Morgan fingerprint density at radius 1 is 1.17 bits per heavy atom. The van der Waals surface area contributed by atoms with Crippen LogP contribution in [0.15, 0.2) is 29.3 Å². The highest BCUT2D eigenvalue weighted by molar-refractivity contribution is 5.80. The van der Waals surface area contributed by atoms with Crippen molar-refractivity contribution in [3.63, 3.8) is 0 Å². The molecule has 2 fully saturated rings. The Morgan fingerprint density at radius 2 is 1.93 bits per heavy atom. The minimum atomic E-state index is -0.208. The van der Waals surface area contributed by atoms with E-state index in [1.54, 1.807) is 0 Å². The third kappa shape index (κ3) is 6.46. The number of nitrogens with two attached hydrogens (primary N) is 1. The summed E-state index contributed by atoms with van der Waals surface area (Å²) in [6.07, 6.45) is 5.25. The second-order valence-electron chi connectivity index (χ2n) is 8.78. The molecule has 0 spiro atoms. The van der Waals surface area contributed by atoms with Gasteiger partial charge in [-0.25, -0.2) is 0 Å². The summed E-state index contributed by atoms with van der Waals surface area (Å²) in [7, 11) is 1.83. The number of hydrogen-bond acceptors (Lipinski definition) is 3. The molecular weight excluding hydrogens is 362 g/mol. The van der Waals surface area contributed by atoms with Crippen molar-refractivity contribution < 1.29 is 4.79 Å². The Morgan fingerprint density at radius 3 is 2.66 bits per heavy atom. The van der Waals surface area contributed by atoms with E-state index in [1.807, 2.05) is 7.05 Å². The molecule has 2 heterocycles. The van der Waals surface area contributed by atoms with E-state index in [0.717, 1.165) is 50.9 Å². The number of guanidine groups is 1. The number of amides is 1. The normalized spacial score (nSPS) is 23.8. The molecule has 2 saturated heterocycles. The van der Waals surface area contributed by atoms with Crippen molar-refractivity contribution in [2.45, 2.75) is 52.1 Å². The summed E-state index contributed by atoms with van der Waals surface area (Å²) in [5, 5.41) is 3.56. The molecule has 1 aromatic rings. The number of carbonyl (C=O) groups excluding carboxylic acids is 1. The minimum absolute atomic E-state index is 0.208. The van der Waals surface area contributed by atoms with Crippen LogP contribution < -0.4 is 11.1 Å². The van der Waals surface area contributed by atoms with Crippen molar-refractivity contribution in [2.75, 3.05) is 33.2 Å². The molecule has 0 saturated carbocycles. The van der Waals surface area contributed by atoms with E-state index in [2.05, 4.69) is 51.3 Å². The van der Waals surface area contributed by atoms with Gasteiger partial charge in [0.05, 0.1) is 0 Å². The summed E-state index contributed by atoms with van der Waals surface area (Å²) in [4.78, 5) is 20.7. The molecule has 2 unspecified atom stereocenters. The maximum Gasteiger partial charge on any atom is 0.217 e. The second-order valence-corrected chi connectivity index (χ2v) is 8.78. The Hall–Kier alpha value is -2.08. The van der Waals surface area contributed by atoms with Gasteiger partial charge in [-0.1, -0.05) is 31.2 Å². The van der Waals surface area contributed by atoms with E-state index in [1.165, 1.54) is 37.1 Å². The van der Waals surface area contributed by atoms with Crippen LogP contribution in [-0.4, -0.2) is 54.9 Å². The fraction of sp³-hybridized carbons (Fsp3) is 0.652. The van der Waals surface area contributed by atoms with Crippen molar-refractivity contribution in [1.82, 2.24) is 15.1 Å². The average Bonchev–Trinajstić information content (AvgIpc) is 2.69. The fourth-order valence-corrected chi connectivity index (χ4v) is 4.77. The third-order valence-electron chi connectivity index (χ3n) is 6.21. The lowest BCUT2D eigenvalue weighted by molar-refractivity contribution is -0.119. The molecule has 6 nitrogen and oxygen atoms in total. The first-order valence-corrected chi connectivity index (χ1v) is 11.1. The lowest BCUT2D eigenvalue weighted by Gasteiger charge is -2.35. The fourth-order valence-electron chi connectivity index (χ4n) is 4.77. The molecule has 3 rings (SSSR count). The van der Waals surface area contributed by atoms with E-state index in [9.17, 15) is 4.79 Å². The van der Waals surface area contributed by atoms with Crippen molar-refractivity contribution >= 4 is 11.9 Å². The number of piperidine rings is 2. The summed E-state index contributed by atoms with van der Waals surface area (Å²) < 4.78 is 0. The summed E-state index contributed by atoms with van der Waals surface area (Å²) in [5.74, 6) is 1.83. The van der Waals surface area contributed by atoms with E-state index in [4.69, 9.17) is 5.73 Å². The zero-order valence-electron chi connectivity index (χ0n) is 18.1. The van der Waals surface area contributed by atoms with Crippen LogP contribution in [0.4, 0.5) is 0 Å². The predicted octanol–water partition coefficient (Wildman–Crippen LogP) is 2.58. The number of benzene rings is 1. The highest BCUT2D eigenvalue weighted by atomic mass is 16.1. The molecule has 0 aliphatic carbocycles. The van der Waals surface area contributed by atoms with Gasteiger partial charge >= 0.3 is 0 Å². The second kappa shape index (κ2) is 10.6. The van der Waals surface area contributed by atoms with Gasteiger partial charge in [0.25, 0.3) is 0 Å². The summed E-state index contributed by atoms with van der Waals surface area (Å²) in [6.45, 7) is 8.35. The van der Waals surface area contributed by atoms with Crippen LogP contribution in [0, 0.1) is 11.8 Å². The Balaban J connectivity index is 1.59. The third-order valence-corrected chi connectivity index (χ3v) is 6.21. The number of carbonyl (C=O) groups is 1. The molecule has 2 aliphatic rings. The van der Waals surface area contributed by atoms with Gasteiger partial charge < -0.3 is 16.0 Å². The maximum atomic E-state index is 11.3. The summed E-state index contributed by atoms with van der Waals surface area (Å²) in [5.41, 5.74) is 8.14. The molecule has 0 aromatic heterocycles. The van der Waals surface area contributed by atoms with Crippen LogP contribution in [0.3, 0.4) is 0 Å². The van der Waals surface area contributed by atoms with Crippen LogP contribution in [0.25, 0.3) is 0 Å². The zero-order chi connectivity index (χ0) is 20.6. The van der Waals surface area contributed by atoms with Gasteiger partial charge in [0.2, 0.25) is 5.91 Å². The Bertz CT molecular complexity index is 704. The van der Waals surface area contributed by atoms with Crippen LogP contribution in [0.2, 0.25) is 0 Å². The van der Waals surface area contributed by atoms with Gasteiger partial charge in [-0.05, 0) is 55.2 Å². The van der Waals surface area contributed by atoms with Crippen molar-refractivity contribution in [3.8, 4) is 0 Å². The van der Waals surface area contributed by atoms with Gasteiger partial charge in [-0.3, -0.25) is 14.7 Å². The molecule has 29 heavy (non-hydrogen) atoms. The zero-order valence-corrected chi connectivity index (χ0v) is 18.1. The largest absolute Gasteiger partial charge is 0.370 e. The highest BCUT2D eigenvalue weighted by Gasteiger charge is 2.24. The molecule has 2 aliphatic heterocycles. The summed E-state index contributed by atoms with van der Waals surface area (Å²) >= 11 is 0. The number of primary amides is 1. The number of nitrogens with zero attached hydrogens (tertiary/aromatic N) is 3. The van der Waals surface area contributed by atoms with E-state index >= 15 is 0 Å². The molecular formula is C23H37N5O. The van der Waals surface area contributed by atoms with Gasteiger partial charge in [0.15, 0.2) is 5.96 Å². The molecule has 2 atom stereocenters. The van der Waals surface area contributed by atoms with Crippen LogP contribution in [-0.2, 0) is 17.9 Å². The van der Waals surface area contributed by atoms with Gasteiger partial charge in [0.1, 0.15) is 0 Å². The number of likely N-dealkylation sites (tertiary alicyclic amines) is 2. The molecule has 1 amide bonds. The number of nitrogens with one attached hydrogen (secondary N) is 1. The van der Waals surface area contributed by atoms with Crippen LogP contribution in [0.5, 0.6) is 0 Å². The lowest BCUT2D eigenvalue weighted by atomic mass is 9.95. The molecule has 3 N–H and O–H groups in total. The van der Waals surface area contributed by atoms with E-state index in [-0.39, 0.29) is 5.91 Å². The SMILES string of the molecule is CN=C(NCc1ccccc1CN1CCCC(C)C1)N1CCCC(CC(N)=O)C1. The van der Waals surface area contributed by atoms with Gasteiger partial charge in [0, 0.05) is 46.2 Å². The topological polar surface area (TPSA) is 74.0 Å². The van der Waals surface area contributed by atoms with Crippen molar-refractivity contribution in [2.24, 2.45) is 22.6 Å².